The van der Waals surface area contributed by atoms with Crippen LogP contribution in [-0.2, 0) is 17.6 Å². The van der Waals surface area contributed by atoms with Gasteiger partial charge in [-0.3, -0.25) is 9.59 Å². The van der Waals surface area contributed by atoms with Crippen LogP contribution in [0.2, 0.25) is 0 Å². The fourth-order valence-corrected chi connectivity index (χ4v) is 4.63. The Morgan fingerprint density at radius 1 is 1.03 bits per heavy atom. The van der Waals surface area contributed by atoms with E-state index in [2.05, 4.69) is 16.4 Å². The van der Waals surface area contributed by atoms with E-state index >= 15 is 0 Å². The second-order valence-corrected chi connectivity index (χ2v) is 8.57. The number of carbonyl (C=O) groups excluding carboxylic acids is 2. The highest BCUT2D eigenvalue weighted by Gasteiger charge is 2.22. The van der Waals surface area contributed by atoms with Crippen molar-refractivity contribution in [3.05, 3.63) is 83.6 Å². The Morgan fingerprint density at radius 2 is 1.82 bits per heavy atom. The summed E-state index contributed by atoms with van der Waals surface area (Å²) in [5, 5.41) is 4.13. The minimum atomic E-state index is -0.0879. The summed E-state index contributed by atoms with van der Waals surface area (Å²) in [7, 11) is 1.66. The molecule has 2 heterocycles. The fraction of sp³-hybridized carbons (Fsp3) is 0.214. The summed E-state index contributed by atoms with van der Waals surface area (Å²) in [6, 6.07) is 19.8. The maximum atomic E-state index is 12.7. The van der Waals surface area contributed by atoms with Crippen molar-refractivity contribution in [2.75, 3.05) is 25.1 Å². The van der Waals surface area contributed by atoms with Crippen LogP contribution < -0.4 is 15.0 Å². The number of H-pyrrole nitrogens is 1. The van der Waals surface area contributed by atoms with E-state index in [1.807, 2.05) is 65.7 Å². The number of nitrogens with zero attached hydrogens (tertiary/aromatic N) is 1. The number of aromatic amines is 1. The molecule has 3 aromatic carbocycles. The van der Waals surface area contributed by atoms with Crippen LogP contribution in [0.15, 0.2) is 66.9 Å². The SMILES string of the molecule is COc1ccc2[nH]cc(CCNC(=O)c3ccc(-c4ccc5c(c4)CCN5C(C)=O)cc3)c2c1. The van der Waals surface area contributed by atoms with Gasteiger partial charge in [-0.05, 0) is 77.6 Å². The largest absolute Gasteiger partial charge is 0.497 e. The Morgan fingerprint density at radius 3 is 2.59 bits per heavy atom. The third kappa shape index (κ3) is 4.15. The summed E-state index contributed by atoms with van der Waals surface area (Å²) in [6.07, 6.45) is 3.58. The number of anilines is 1. The van der Waals surface area contributed by atoms with Crippen LogP contribution >= 0.6 is 0 Å². The zero-order valence-corrected chi connectivity index (χ0v) is 19.4. The summed E-state index contributed by atoms with van der Waals surface area (Å²) in [5.41, 5.74) is 7.15. The summed E-state index contributed by atoms with van der Waals surface area (Å²) in [5.74, 6) is 0.804. The third-order valence-electron chi connectivity index (χ3n) is 6.49. The summed E-state index contributed by atoms with van der Waals surface area (Å²) in [4.78, 5) is 29.5. The monoisotopic (exact) mass is 453 g/mol. The molecule has 5 rings (SSSR count). The average Bonchev–Trinajstić information content (AvgIpc) is 3.47. The number of ether oxygens (including phenoxy) is 1. The number of hydrogen-bond donors (Lipinski definition) is 2. The van der Waals surface area contributed by atoms with Crippen LogP contribution in [0, 0.1) is 0 Å². The molecule has 0 aliphatic carbocycles. The standard InChI is InChI=1S/C28H27N3O3/c1-18(32)31-14-12-22-15-21(7-10-27(22)31)19-3-5-20(6-4-19)28(33)29-13-11-23-17-30-26-9-8-24(34-2)16-25(23)26/h3-10,15-17,30H,11-14H2,1-2H3,(H,29,33). The number of nitrogens with one attached hydrogen (secondary N) is 2. The van der Waals surface area contributed by atoms with E-state index < -0.39 is 0 Å². The number of fused-ring (bicyclic) bond motifs is 2. The highest BCUT2D eigenvalue weighted by molar-refractivity contribution is 5.95. The first-order chi connectivity index (χ1) is 16.5. The average molecular weight is 454 g/mol. The summed E-state index contributed by atoms with van der Waals surface area (Å²) < 4.78 is 5.33. The van der Waals surface area contributed by atoms with E-state index in [4.69, 9.17) is 4.74 Å². The zero-order chi connectivity index (χ0) is 23.7. The van der Waals surface area contributed by atoms with Gasteiger partial charge in [-0.15, -0.1) is 0 Å². The van der Waals surface area contributed by atoms with Crippen molar-refractivity contribution in [2.24, 2.45) is 0 Å². The first-order valence-electron chi connectivity index (χ1n) is 11.5. The van der Waals surface area contributed by atoms with Crippen molar-refractivity contribution in [2.45, 2.75) is 19.8 Å². The highest BCUT2D eigenvalue weighted by atomic mass is 16.5. The summed E-state index contributed by atoms with van der Waals surface area (Å²) in [6.45, 7) is 2.88. The van der Waals surface area contributed by atoms with Gasteiger partial charge < -0.3 is 19.9 Å². The molecule has 0 saturated heterocycles. The lowest BCUT2D eigenvalue weighted by atomic mass is 10.0. The maximum Gasteiger partial charge on any atom is 0.251 e. The number of rotatable bonds is 6. The van der Waals surface area contributed by atoms with Crippen LogP contribution in [0.5, 0.6) is 5.75 Å². The molecule has 6 heteroatoms. The molecule has 34 heavy (non-hydrogen) atoms. The van der Waals surface area contributed by atoms with Crippen LogP contribution in [0.4, 0.5) is 5.69 Å². The zero-order valence-electron chi connectivity index (χ0n) is 19.4. The quantitative estimate of drug-likeness (QED) is 0.443. The smallest absolute Gasteiger partial charge is 0.251 e. The van der Waals surface area contributed by atoms with Gasteiger partial charge in [0, 0.05) is 48.4 Å². The number of benzene rings is 3. The van der Waals surface area contributed by atoms with Gasteiger partial charge in [-0.25, -0.2) is 0 Å². The van der Waals surface area contributed by atoms with Crippen molar-refractivity contribution >= 4 is 28.4 Å². The maximum absolute atomic E-state index is 12.7. The van der Waals surface area contributed by atoms with Crippen LogP contribution in [0.3, 0.4) is 0 Å². The molecule has 0 fully saturated rings. The van der Waals surface area contributed by atoms with E-state index in [1.54, 1.807) is 14.0 Å². The van der Waals surface area contributed by atoms with Crippen molar-refractivity contribution in [3.63, 3.8) is 0 Å². The number of hydrogen-bond acceptors (Lipinski definition) is 3. The van der Waals surface area contributed by atoms with Gasteiger partial charge in [0.2, 0.25) is 5.91 Å². The molecule has 2 N–H and O–H groups in total. The lowest BCUT2D eigenvalue weighted by Gasteiger charge is -2.15. The van der Waals surface area contributed by atoms with Crippen LogP contribution in [0.1, 0.15) is 28.4 Å². The second kappa shape index (κ2) is 9.06. The first-order valence-corrected chi connectivity index (χ1v) is 11.5. The second-order valence-electron chi connectivity index (χ2n) is 8.57. The first kappa shape index (κ1) is 21.8. The molecule has 1 aliphatic heterocycles. The molecule has 0 unspecified atom stereocenters. The Balaban J connectivity index is 1.22. The lowest BCUT2D eigenvalue weighted by Crippen LogP contribution is -2.25. The molecule has 0 radical (unpaired) electrons. The van der Waals surface area contributed by atoms with Gasteiger partial charge in [-0.1, -0.05) is 18.2 Å². The molecule has 172 valence electrons. The molecular weight excluding hydrogens is 426 g/mol. The highest BCUT2D eigenvalue weighted by Crippen LogP contribution is 2.32. The number of methoxy groups -OCH3 is 1. The lowest BCUT2D eigenvalue weighted by molar-refractivity contribution is -0.116. The van der Waals surface area contributed by atoms with Crippen molar-refractivity contribution in [3.8, 4) is 16.9 Å². The number of amides is 2. The minimum Gasteiger partial charge on any atom is -0.497 e. The number of carbonyl (C=O) groups is 2. The molecule has 6 nitrogen and oxygen atoms in total. The van der Waals surface area contributed by atoms with Crippen molar-refractivity contribution in [1.82, 2.24) is 10.3 Å². The molecule has 0 atom stereocenters. The van der Waals surface area contributed by atoms with E-state index in [9.17, 15) is 9.59 Å². The van der Waals surface area contributed by atoms with Gasteiger partial charge in [0.1, 0.15) is 5.75 Å². The Kier molecular flexibility index (Phi) is 5.80. The van der Waals surface area contributed by atoms with Crippen LogP contribution in [0.25, 0.3) is 22.0 Å². The van der Waals surface area contributed by atoms with Gasteiger partial charge in [0.05, 0.1) is 7.11 Å². The molecule has 0 saturated carbocycles. The van der Waals surface area contributed by atoms with Gasteiger partial charge >= 0.3 is 0 Å². The van der Waals surface area contributed by atoms with Crippen molar-refractivity contribution < 1.29 is 14.3 Å². The normalized spacial score (nSPS) is 12.6. The van der Waals surface area contributed by atoms with Gasteiger partial charge in [0.15, 0.2) is 0 Å². The molecule has 1 aliphatic rings. The van der Waals surface area contributed by atoms with E-state index in [-0.39, 0.29) is 11.8 Å². The van der Waals surface area contributed by atoms with E-state index in [0.29, 0.717) is 12.1 Å². The Labute approximate surface area is 198 Å². The molecule has 1 aromatic heterocycles. The number of aromatic nitrogens is 1. The summed E-state index contributed by atoms with van der Waals surface area (Å²) >= 11 is 0. The van der Waals surface area contributed by atoms with Crippen molar-refractivity contribution in [1.29, 1.82) is 0 Å². The minimum absolute atomic E-state index is 0.0753. The van der Waals surface area contributed by atoms with Crippen LogP contribution in [-0.4, -0.2) is 37.0 Å². The predicted octanol–water partition coefficient (Wildman–Crippen LogP) is 4.73. The Bertz CT molecular complexity index is 1370. The van der Waals surface area contributed by atoms with E-state index in [1.165, 1.54) is 5.56 Å². The Hall–Kier alpha value is -4.06. The molecular formula is C28H27N3O3. The third-order valence-corrected chi connectivity index (χ3v) is 6.49. The van der Waals surface area contributed by atoms with E-state index in [0.717, 1.165) is 58.4 Å². The van der Waals surface area contributed by atoms with Gasteiger partial charge in [-0.2, -0.15) is 0 Å². The topological polar surface area (TPSA) is 74.4 Å². The fourth-order valence-electron chi connectivity index (χ4n) is 4.63. The molecule has 0 spiro atoms. The predicted molar refractivity (Wildman–Crippen MR) is 134 cm³/mol. The molecule has 2 amide bonds. The molecule has 0 bridgehead atoms. The van der Waals surface area contributed by atoms with Gasteiger partial charge in [0.25, 0.3) is 5.91 Å². The molecule has 4 aromatic rings.